The minimum Gasteiger partial charge on any atom is -0.481 e. The van der Waals surface area contributed by atoms with Gasteiger partial charge in [-0.3, -0.25) is 19.0 Å². The van der Waals surface area contributed by atoms with Gasteiger partial charge in [0.1, 0.15) is 12.6 Å². The number of terminal acetylenes is 1. The molecule has 0 saturated carbocycles. The van der Waals surface area contributed by atoms with Crippen molar-refractivity contribution < 1.29 is 14.7 Å². The van der Waals surface area contributed by atoms with Crippen molar-refractivity contribution in [1.82, 2.24) is 20.2 Å². The standard InChI is InChI=1S/C19H21N5O4/c1-2-13(9-18(26)27)22-17(25)11-24-12-21-16-4-3-14(10-15(16)19(24)28)23-7-5-20-6-8-23/h1,3-4,10,12-13,20H,5-9,11H2,(H,22,25)(H,26,27)/t13-/m1/s1. The van der Waals surface area contributed by atoms with Gasteiger partial charge in [-0.2, -0.15) is 0 Å². The van der Waals surface area contributed by atoms with E-state index in [1.165, 1.54) is 10.9 Å². The van der Waals surface area contributed by atoms with Crippen molar-refractivity contribution in [3.05, 3.63) is 34.9 Å². The van der Waals surface area contributed by atoms with E-state index in [9.17, 15) is 14.4 Å². The molecule has 3 rings (SSSR count). The summed E-state index contributed by atoms with van der Waals surface area (Å²) in [7, 11) is 0. The van der Waals surface area contributed by atoms with Crippen LogP contribution in [0.2, 0.25) is 0 Å². The Hall–Kier alpha value is -3.38. The molecule has 1 saturated heterocycles. The van der Waals surface area contributed by atoms with Crippen molar-refractivity contribution in [3.63, 3.8) is 0 Å². The van der Waals surface area contributed by atoms with Gasteiger partial charge in [-0.1, -0.05) is 5.92 Å². The molecule has 0 aliphatic carbocycles. The molecule has 9 heteroatoms. The molecule has 1 fully saturated rings. The fourth-order valence-corrected chi connectivity index (χ4v) is 3.10. The van der Waals surface area contributed by atoms with Crippen LogP contribution in [-0.4, -0.2) is 58.8 Å². The summed E-state index contributed by atoms with van der Waals surface area (Å²) < 4.78 is 1.19. The number of aromatic nitrogens is 2. The van der Waals surface area contributed by atoms with Crippen LogP contribution in [0.3, 0.4) is 0 Å². The molecule has 1 aromatic heterocycles. The molecule has 2 aromatic rings. The van der Waals surface area contributed by atoms with E-state index in [2.05, 4.69) is 26.4 Å². The topological polar surface area (TPSA) is 117 Å². The zero-order valence-corrected chi connectivity index (χ0v) is 15.2. The molecule has 0 spiro atoms. The number of carbonyl (C=O) groups excluding carboxylic acids is 1. The number of rotatable bonds is 6. The van der Waals surface area contributed by atoms with Crippen LogP contribution in [0, 0.1) is 12.3 Å². The SMILES string of the molecule is C#C[C@H](CC(=O)O)NC(=O)Cn1cnc2ccc(N3CCNCC3)cc2c1=O. The van der Waals surface area contributed by atoms with Crippen molar-refractivity contribution in [1.29, 1.82) is 0 Å². The Kier molecular flexibility index (Phi) is 5.91. The average molecular weight is 383 g/mol. The summed E-state index contributed by atoms with van der Waals surface area (Å²) in [5.74, 6) is 0.544. The highest BCUT2D eigenvalue weighted by Crippen LogP contribution is 2.19. The van der Waals surface area contributed by atoms with E-state index in [-0.39, 0.29) is 18.5 Å². The molecule has 1 aliphatic rings. The highest BCUT2D eigenvalue weighted by molar-refractivity contribution is 5.82. The van der Waals surface area contributed by atoms with Crippen LogP contribution in [-0.2, 0) is 16.1 Å². The molecule has 28 heavy (non-hydrogen) atoms. The lowest BCUT2D eigenvalue weighted by atomic mass is 10.2. The number of carboxylic acids is 1. The van der Waals surface area contributed by atoms with E-state index in [0.717, 1.165) is 31.9 Å². The lowest BCUT2D eigenvalue weighted by Gasteiger charge is -2.29. The Balaban J connectivity index is 1.81. The van der Waals surface area contributed by atoms with Crippen molar-refractivity contribution >= 4 is 28.5 Å². The Labute approximate surface area is 161 Å². The first kappa shape index (κ1) is 19.4. The minimum absolute atomic E-state index is 0.294. The quantitative estimate of drug-likeness (QED) is 0.570. The van der Waals surface area contributed by atoms with Gasteiger partial charge in [0.2, 0.25) is 5.91 Å². The zero-order chi connectivity index (χ0) is 20.1. The molecule has 1 amide bonds. The maximum Gasteiger partial charge on any atom is 0.306 e. The van der Waals surface area contributed by atoms with Crippen molar-refractivity contribution in [3.8, 4) is 12.3 Å². The summed E-state index contributed by atoms with van der Waals surface area (Å²) in [6, 6.07) is 4.58. The van der Waals surface area contributed by atoms with Crippen LogP contribution in [0.1, 0.15) is 6.42 Å². The second kappa shape index (κ2) is 8.54. The first-order valence-electron chi connectivity index (χ1n) is 8.90. The van der Waals surface area contributed by atoms with Gasteiger partial charge >= 0.3 is 5.97 Å². The molecule has 1 atom stereocenters. The molecule has 9 nitrogen and oxygen atoms in total. The Morgan fingerprint density at radius 3 is 2.79 bits per heavy atom. The normalized spacial score (nSPS) is 15.0. The maximum atomic E-state index is 12.8. The molecular weight excluding hydrogens is 362 g/mol. The first-order chi connectivity index (χ1) is 13.5. The van der Waals surface area contributed by atoms with Crippen LogP contribution in [0.5, 0.6) is 0 Å². The average Bonchev–Trinajstić information content (AvgIpc) is 2.69. The molecular formula is C19H21N5O4. The predicted octanol–water partition coefficient (Wildman–Crippen LogP) is -0.601. The summed E-state index contributed by atoms with van der Waals surface area (Å²) >= 11 is 0. The van der Waals surface area contributed by atoms with E-state index >= 15 is 0 Å². The molecule has 1 aliphatic heterocycles. The lowest BCUT2D eigenvalue weighted by Crippen LogP contribution is -2.43. The number of nitrogens with one attached hydrogen (secondary N) is 2. The van der Waals surface area contributed by atoms with Crippen LogP contribution < -0.4 is 21.1 Å². The number of anilines is 1. The molecule has 3 N–H and O–H groups in total. The van der Waals surface area contributed by atoms with E-state index in [1.54, 1.807) is 12.1 Å². The second-order valence-corrected chi connectivity index (χ2v) is 6.50. The third-order valence-electron chi connectivity index (χ3n) is 4.52. The number of hydrogen-bond donors (Lipinski definition) is 3. The summed E-state index contributed by atoms with van der Waals surface area (Å²) in [5.41, 5.74) is 1.14. The molecule has 0 unspecified atom stereocenters. The summed E-state index contributed by atoms with van der Waals surface area (Å²) in [6.07, 6.45) is 6.15. The lowest BCUT2D eigenvalue weighted by molar-refractivity contribution is -0.137. The molecule has 146 valence electrons. The fraction of sp³-hybridized carbons (Fsp3) is 0.368. The predicted molar refractivity (Wildman–Crippen MR) is 104 cm³/mol. The van der Waals surface area contributed by atoms with E-state index < -0.39 is 17.9 Å². The van der Waals surface area contributed by atoms with Crippen LogP contribution >= 0.6 is 0 Å². The molecule has 0 radical (unpaired) electrons. The maximum absolute atomic E-state index is 12.8. The van der Waals surface area contributed by atoms with Gasteiger partial charge < -0.3 is 20.6 Å². The summed E-state index contributed by atoms with van der Waals surface area (Å²) in [5, 5.41) is 14.9. The Bertz CT molecular complexity index is 988. The van der Waals surface area contributed by atoms with Gasteiger partial charge in [-0.25, -0.2) is 4.98 Å². The Morgan fingerprint density at radius 1 is 1.36 bits per heavy atom. The van der Waals surface area contributed by atoms with Gasteiger partial charge in [0, 0.05) is 31.9 Å². The second-order valence-electron chi connectivity index (χ2n) is 6.50. The van der Waals surface area contributed by atoms with Gasteiger partial charge in [0.15, 0.2) is 0 Å². The van der Waals surface area contributed by atoms with Crippen LogP contribution in [0.4, 0.5) is 5.69 Å². The Morgan fingerprint density at radius 2 is 2.11 bits per heavy atom. The van der Waals surface area contributed by atoms with Crippen molar-refractivity contribution in [2.24, 2.45) is 0 Å². The van der Waals surface area contributed by atoms with Crippen LogP contribution in [0.15, 0.2) is 29.3 Å². The zero-order valence-electron chi connectivity index (χ0n) is 15.2. The summed E-state index contributed by atoms with van der Waals surface area (Å²) in [4.78, 5) is 42.2. The monoisotopic (exact) mass is 383 g/mol. The highest BCUT2D eigenvalue weighted by Gasteiger charge is 2.16. The number of piperazine rings is 1. The van der Waals surface area contributed by atoms with Crippen molar-refractivity contribution in [2.45, 2.75) is 19.0 Å². The van der Waals surface area contributed by atoms with Gasteiger partial charge in [-0.15, -0.1) is 6.42 Å². The van der Waals surface area contributed by atoms with Gasteiger partial charge in [0.25, 0.3) is 5.56 Å². The third kappa shape index (κ3) is 4.47. The van der Waals surface area contributed by atoms with Crippen LogP contribution in [0.25, 0.3) is 10.9 Å². The van der Waals surface area contributed by atoms with E-state index in [1.807, 2.05) is 6.07 Å². The third-order valence-corrected chi connectivity index (χ3v) is 4.52. The number of fused-ring (bicyclic) bond motifs is 1. The van der Waals surface area contributed by atoms with Crippen molar-refractivity contribution in [2.75, 3.05) is 31.1 Å². The smallest absolute Gasteiger partial charge is 0.306 e. The fourth-order valence-electron chi connectivity index (χ4n) is 3.10. The first-order valence-corrected chi connectivity index (χ1v) is 8.90. The van der Waals surface area contributed by atoms with E-state index in [0.29, 0.717) is 10.9 Å². The number of hydrogen-bond acceptors (Lipinski definition) is 6. The number of carboxylic acid groups (broad SMARTS) is 1. The largest absolute Gasteiger partial charge is 0.481 e. The molecule has 1 aromatic carbocycles. The number of benzene rings is 1. The van der Waals surface area contributed by atoms with Gasteiger partial charge in [0.05, 0.1) is 23.7 Å². The van der Waals surface area contributed by atoms with E-state index in [4.69, 9.17) is 11.5 Å². The molecule has 0 bridgehead atoms. The number of carbonyl (C=O) groups is 2. The number of nitrogens with zero attached hydrogens (tertiary/aromatic N) is 3. The number of aliphatic carboxylic acids is 1. The summed E-state index contributed by atoms with van der Waals surface area (Å²) in [6.45, 7) is 3.15. The molecule has 2 heterocycles. The minimum atomic E-state index is -1.12. The van der Waals surface area contributed by atoms with Gasteiger partial charge in [-0.05, 0) is 18.2 Å². The number of amides is 1. The highest BCUT2D eigenvalue weighted by atomic mass is 16.4.